The van der Waals surface area contributed by atoms with Crippen molar-refractivity contribution in [1.82, 2.24) is 36.4 Å². The molecule has 4 aromatic rings. The summed E-state index contributed by atoms with van der Waals surface area (Å²) in [7, 11) is -4.02. The molecule has 7 amide bonds. The van der Waals surface area contributed by atoms with Crippen LogP contribution in [0.25, 0.3) is 10.8 Å². The van der Waals surface area contributed by atoms with Crippen LogP contribution in [0.15, 0.2) is 89.8 Å². The van der Waals surface area contributed by atoms with Gasteiger partial charge in [-0.3, -0.25) is 38.1 Å². The smallest absolute Gasteiger partial charge is 0.294 e. The molecule has 3 aliphatic rings. The van der Waals surface area contributed by atoms with Crippen LogP contribution in [0, 0.1) is 6.92 Å². The van der Waals surface area contributed by atoms with Gasteiger partial charge in [-0.05, 0) is 149 Å². The van der Waals surface area contributed by atoms with Gasteiger partial charge in [-0.15, -0.1) is 0 Å². The number of hydrogen-bond donors (Lipinski definition) is 10. The van der Waals surface area contributed by atoms with Crippen molar-refractivity contribution in [3.05, 3.63) is 102 Å². The SMILES string of the molecule is CCCCCCCOc1ccc2cc(C(=O)N[C@H]3CCCNC(=O)[C@@H]4C[C@H](N)CN4C(=O)[C@H](CCCN)NC(=O)[C@H](CCc4ccc(O)cc4)NC(=O)[C@@H]4CCCN4C(=O)[C@H]([C@@H](C)O)NC3=O)ccc2c1.Cc1ccc(S(=O)(=O)O)cc1. The van der Waals surface area contributed by atoms with Crippen LogP contribution in [-0.4, -0.2) is 156 Å². The van der Waals surface area contributed by atoms with Crippen molar-refractivity contribution in [2.24, 2.45) is 11.5 Å². The molecule has 7 rings (SSSR count). The van der Waals surface area contributed by atoms with Crippen molar-refractivity contribution in [3.63, 3.8) is 0 Å². The van der Waals surface area contributed by atoms with Gasteiger partial charge in [-0.2, -0.15) is 8.42 Å². The summed E-state index contributed by atoms with van der Waals surface area (Å²) < 4.78 is 35.5. The second kappa shape index (κ2) is 30.8. The largest absolute Gasteiger partial charge is 0.508 e. The average molecular weight is 1160 g/mol. The highest BCUT2D eigenvalue weighted by molar-refractivity contribution is 7.85. The number of aryl methyl sites for hydroxylation is 2. The predicted molar refractivity (Wildman–Crippen MR) is 308 cm³/mol. The molecule has 0 unspecified atom stereocenters. The fourth-order valence-corrected chi connectivity index (χ4v) is 10.7. The van der Waals surface area contributed by atoms with Crippen molar-refractivity contribution >= 4 is 62.2 Å². The summed E-state index contributed by atoms with van der Waals surface area (Å²) >= 11 is 0. The molecule has 0 spiro atoms. The molecule has 23 heteroatoms. The van der Waals surface area contributed by atoms with Crippen LogP contribution in [0.2, 0.25) is 0 Å². The number of phenols is 1. The van der Waals surface area contributed by atoms with Gasteiger partial charge in [0.2, 0.25) is 35.4 Å². The van der Waals surface area contributed by atoms with Crippen molar-refractivity contribution in [2.75, 3.05) is 32.8 Å². The minimum atomic E-state index is -4.02. The van der Waals surface area contributed by atoms with Crippen molar-refractivity contribution < 1.29 is 61.5 Å². The van der Waals surface area contributed by atoms with E-state index in [9.17, 15) is 52.2 Å². The molecule has 22 nitrogen and oxygen atoms in total. The van der Waals surface area contributed by atoms with E-state index in [4.69, 9.17) is 20.8 Å². The average Bonchev–Trinajstić information content (AvgIpc) is 4.24. The Bertz CT molecular complexity index is 2950. The number of benzene rings is 4. The number of fused-ring (bicyclic) bond motifs is 3. The lowest BCUT2D eigenvalue weighted by Gasteiger charge is -2.32. The van der Waals surface area contributed by atoms with E-state index in [1.807, 2.05) is 25.1 Å². The minimum Gasteiger partial charge on any atom is -0.508 e. The van der Waals surface area contributed by atoms with Crippen molar-refractivity contribution in [1.29, 1.82) is 0 Å². The summed E-state index contributed by atoms with van der Waals surface area (Å²) in [6, 6.07) is 15.4. The summed E-state index contributed by atoms with van der Waals surface area (Å²) in [5.41, 5.74) is 14.2. The summed E-state index contributed by atoms with van der Waals surface area (Å²) in [5.74, 6) is -3.69. The monoisotopic (exact) mass is 1160 g/mol. The number of hydrogen-bond acceptors (Lipinski definition) is 14. The number of rotatable bonds is 17. The van der Waals surface area contributed by atoms with E-state index in [1.54, 1.807) is 42.5 Å². The quantitative estimate of drug-likeness (QED) is 0.0536. The maximum Gasteiger partial charge on any atom is 0.294 e. The topological polar surface area (TPSA) is 342 Å². The Morgan fingerprint density at radius 3 is 2.16 bits per heavy atom. The highest BCUT2D eigenvalue weighted by Crippen LogP contribution is 2.25. The molecule has 82 heavy (non-hydrogen) atoms. The third-order valence-corrected chi connectivity index (χ3v) is 15.8. The van der Waals surface area contributed by atoms with Crippen LogP contribution in [0.5, 0.6) is 11.5 Å². The summed E-state index contributed by atoms with van der Waals surface area (Å²) in [6.07, 6.45) is 5.92. The maximum atomic E-state index is 14.4. The number of aliphatic hydroxyl groups is 1. The third kappa shape index (κ3) is 18.4. The second-order valence-electron chi connectivity index (χ2n) is 21.4. The number of aliphatic hydroxyl groups excluding tert-OH is 1. The van der Waals surface area contributed by atoms with Crippen LogP contribution >= 0.6 is 0 Å². The van der Waals surface area contributed by atoms with Crippen molar-refractivity contribution in [3.8, 4) is 11.5 Å². The first-order valence-corrected chi connectivity index (χ1v) is 29.8. The number of nitrogens with zero attached hydrogens (tertiary/aromatic N) is 2. The molecule has 3 aliphatic heterocycles. The van der Waals surface area contributed by atoms with Gasteiger partial charge >= 0.3 is 0 Å². The van der Waals surface area contributed by atoms with Gasteiger partial charge in [0.25, 0.3) is 16.0 Å². The zero-order chi connectivity index (χ0) is 59.5. The number of amides is 7. The Balaban J connectivity index is 0.000000878. The predicted octanol–water partition coefficient (Wildman–Crippen LogP) is 3.27. The summed E-state index contributed by atoms with van der Waals surface area (Å²) in [5, 5.41) is 36.5. The Labute approximate surface area is 479 Å². The van der Waals surface area contributed by atoms with Crippen LogP contribution in [0.3, 0.4) is 0 Å². The standard InChI is InChI=1S/C52H73N9O10.C7H8O3S/c1-3-4-5-6-7-27-71-39-22-19-34-28-36(18-17-35(34)29-39)46(64)56-40-12-9-25-55-49(67)44-30-37(54)31-61(44)51(69)42(11-8-24-53)58-47(65)41(23-16-33-14-20-38(63)21-15-33)57-50(68)43-13-10-26-60(43)52(70)45(32(2)62)59-48(40)66;1-6-2-4-7(5-3-6)11(8,9)10/h14-15,17-22,28-29,32,37,40-45,62-63H,3-13,16,23-27,30-31,53-54H2,1-2H3,(H,55,67)(H,56,64)(H,57,68)(H,58,65)(H,59,66);2-5H,1H3,(H,8,9,10)/t32-,37+,40+,41+,42+,43+,44+,45+;/m1./s1. The minimum absolute atomic E-state index is 0.00834. The van der Waals surface area contributed by atoms with Crippen LogP contribution in [0.1, 0.15) is 119 Å². The Kier molecular flexibility index (Phi) is 24.0. The molecule has 3 heterocycles. The van der Waals surface area contributed by atoms with E-state index in [1.165, 1.54) is 60.3 Å². The Morgan fingerprint density at radius 2 is 1.46 bits per heavy atom. The fraction of sp³-hybridized carbons (Fsp3) is 0.508. The molecule has 8 atom stereocenters. The molecule has 0 saturated carbocycles. The molecule has 0 aliphatic carbocycles. The molecule has 12 N–H and O–H groups in total. The van der Waals surface area contributed by atoms with Gasteiger partial charge in [0.15, 0.2) is 0 Å². The lowest BCUT2D eigenvalue weighted by molar-refractivity contribution is -0.144. The first-order chi connectivity index (χ1) is 39.2. The first-order valence-electron chi connectivity index (χ1n) is 28.4. The molecule has 3 fully saturated rings. The van der Waals surface area contributed by atoms with E-state index in [-0.39, 0.29) is 87.3 Å². The second-order valence-corrected chi connectivity index (χ2v) is 22.8. The van der Waals surface area contributed by atoms with E-state index in [2.05, 4.69) is 33.5 Å². The van der Waals surface area contributed by atoms with Gasteiger partial charge in [0, 0.05) is 31.2 Å². The molecule has 446 valence electrons. The van der Waals surface area contributed by atoms with Gasteiger partial charge in [0.1, 0.15) is 47.8 Å². The zero-order valence-corrected chi connectivity index (χ0v) is 47.8. The highest BCUT2D eigenvalue weighted by atomic mass is 32.2. The summed E-state index contributed by atoms with van der Waals surface area (Å²) in [6.45, 7) is 6.35. The van der Waals surface area contributed by atoms with Crippen LogP contribution < -0.4 is 42.8 Å². The number of ether oxygens (including phenoxy) is 1. The Morgan fingerprint density at radius 1 is 0.768 bits per heavy atom. The number of carbonyl (C=O) groups is 7. The van der Waals surface area contributed by atoms with E-state index in [0.717, 1.165) is 40.5 Å². The number of aromatic hydroxyl groups is 1. The highest BCUT2D eigenvalue weighted by Gasteiger charge is 2.43. The lowest BCUT2D eigenvalue weighted by Crippen LogP contribution is -2.61. The molecular formula is C59H81N9O13S. The molecule has 3 saturated heterocycles. The maximum absolute atomic E-state index is 14.4. The van der Waals surface area contributed by atoms with Crippen LogP contribution in [-0.2, 0) is 45.3 Å². The third-order valence-electron chi connectivity index (χ3n) is 14.9. The molecule has 0 radical (unpaired) electrons. The molecule has 0 aromatic heterocycles. The normalized spacial score (nSPS) is 22.7. The van der Waals surface area contributed by atoms with Gasteiger partial charge in [-0.25, -0.2) is 0 Å². The summed E-state index contributed by atoms with van der Waals surface area (Å²) in [4.78, 5) is 102. The number of unbranched alkanes of at least 4 members (excludes halogenated alkanes) is 4. The molecular weight excluding hydrogens is 1070 g/mol. The fourth-order valence-electron chi connectivity index (χ4n) is 10.3. The number of nitrogens with one attached hydrogen (secondary N) is 5. The number of phenolic OH excluding ortho intramolecular Hbond substituents is 1. The first kappa shape index (κ1) is 64.0. The molecule has 4 aromatic carbocycles. The lowest BCUT2D eigenvalue weighted by atomic mass is 10.0. The van der Waals surface area contributed by atoms with E-state index < -0.39 is 99.9 Å². The Hall–Kier alpha value is -7.18. The number of carbonyl (C=O) groups excluding carboxylic acids is 7. The van der Waals surface area contributed by atoms with Gasteiger partial charge < -0.3 is 62.8 Å². The van der Waals surface area contributed by atoms with Gasteiger partial charge in [0.05, 0.1) is 17.6 Å². The van der Waals surface area contributed by atoms with E-state index >= 15 is 0 Å². The van der Waals surface area contributed by atoms with Crippen molar-refractivity contribution in [2.45, 2.75) is 164 Å². The zero-order valence-electron chi connectivity index (χ0n) is 47.0. The number of nitrogens with two attached hydrogens (primary N) is 2. The van der Waals surface area contributed by atoms with E-state index in [0.29, 0.717) is 19.4 Å². The van der Waals surface area contributed by atoms with Crippen LogP contribution in [0.4, 0.5) is 0 Å². The van der Waals surface area contributed by atoms with Gasteiger partial charge in [-0.1, -0.05) is 74.6 Å². The molecule has 0 bridgehead atoms.